The molecule has 0 bridgehead atoms. The van der Waals surface area contributed by atoms with Crippen LogP contribution in [0, 0.1) is 6.92 Å². The predicted molar refractivity (Wildman–Crippen MR) is 134 cm³/mol. The van der Waals surface area contributed by atoms with Crippen molar-refractivity contribution in [3.63, 3.8) is 0 Å². The van der Waals surface area contributed by atoms with Gasteiger partial charge in [-0.25, -0.2) is 0 Å². The zero-order chi connectivity index (χ0) is 24.4. The lowest BCUT2D eigenvalue weighted by Crippen LogP contribution is -2.29. The average Bonchev–Trinajstić information content (AvgIpc) is 3.09. The van der Waals surface area contributed by atoms with Crippen LogP contribution in [0.1, 0.15) is 29.7 Å². The van der Waals surface area contributed by atoms with Gasteiger partial charge in [0.1, 0.15) is 17.3 Å². The zero-order valence-corrected chi connectivity index (χ0v) is 20.6. The Morgan fingerprint density at radius 3 is 2.50 bits per heavy atom. The molecule has 1 atom stereocenters. The first-order chi connectivity index (χ1) is 16.3. The summed E-state index contributed by atoms with van der Waals surface area (Å²) in [6.45, 7) is 4.28. The second-order valence-corrected chi connectivity index (χ2v) is 8.72. The number of nitrogens with zero attached hydrogens (tertiary/aromatic N) is 1. The third-order valence-electron chi connectivity index (χ3n) is 5.63. The Morgan fingerprint density at radius 2 is 1.82 bits per heavy atom. The van der Waals surface area contributed by atoms with Crippen LogP contribution in [0.5, 0.6) is 11.5 Å². The number of carbonyl (C=O) groups is 2. The van der Waals surface area contributed by atoms with Gasteiger partial charge in [0.2, 0.25) is 0 Å². The molecule has 1 fully saturated rings. The Morgan fingerprint density at radius 1 is 1.06 bits per heavy atom. The highest BCUT2D eigenvalue weighted by atomic mass is 79.9. The van der Waals surface area contributed by atoms with E-state index in [-0.39, 0.29) is 11.3 Å². The number of anilines is 1. The van der Waals surface area contributed by atoms with Crippen LogP contribution < -0.4 is 14.4 Å². The molecule has 7 heteroatoms. The summed E-state index contributed by atoms with van der Waals surface area (Å²) in [4.78, 5) is 28.1. The molecule has 6 nitrogen and oxygen atoms in total. The minimum absolute atomic E-state index is 0.0227. The molecule has 1 aliphatic rings. The van der Waals surface area contributed by atoms with E-state index < -0.39 is 17.7 Å². The monoisotopic (exact) mass is 521 g/mol. The molecule has 1 heterocycles. The van der Waals surface area contributed by atoms with Crippen molar-refractivity contribution in [3.05, 3.63) is 93.5 Å². The number of ketones is 1. The lowest BCUT2D eigenvalue weighted by atomic mass is 9.94. The van der Waals surface area contributed by atoms with Crippen LogP contribution in [-0.4, -0.2) is 30.5 Å². The van der Waals surface area contributed by atoms with Crippen LogP contribution in [0.4, 0.5) is 5.69 Å². The summed E-state index contributed by atoms with van der Waals surface area (Å²) in [5.74, 6) is -0.548. The fourth-order valence-corrected chi connectivity index (χ4v) is 4.65. The summed E-state index contributed by atoms with van der Waals surface area (Å²) in [6, 6.07) is 18.8. The number of hydrogen-bond acceptors (Lipinski definition) is 5. The van der Waals surface area contributed by atoms with Crippen molar-refractivity contribution in [2.75, 3.05) is 18.6 Å². The number of rotatable bonds is 6. The van der Waals surface area contributed by atoms with Gasteiger partial charge in [-0.3, -0.25) is 14.5 Å². The van der Waals surface area contributed by atoms with Crippen molar-refractivity contribution in [3.8, 4) is 11.5 Å². The predicted octanol–water partition coefficient (Wildman–Crippen LogP) is 5.79. The van der Waals surface area contributed by atoms with Crippen LogP contribution in [0.3, 0.4) is 0 Å². The fourth-order valence-electron chi connectivity index (χ4n) is 4.11. The minimum atomic E-state index is -0.808. The maximum absolute atomic E-state index is 13.3. The Kier molecular flexibility index (Phi) is 6.75. The Bertz CT molecular complexity index is 1300. The number of Topliss-reactive ketones (excluding diaryl/α,β-unsaturated/α-hetero) is 1. The molecule has 4 rings (SSSR count). The standard InChI is InChI=1S/C27H24BrNO5/c1-4-34-20-10-6-9-19(15-20)29-24(17-8-5-7-16(2)13-17)23(26(31)27(29)32)25(30)18-11-12-22(33-3)21(28)14-18/h5-15,24,30H,4H2,1-3H3/b25-23+. The van der Waals surface area contributed by atoms with E-state index in [0.717, 1.165) is 11.1 Å². The van der Waals surface area contributed by atoms with Gasteiger partial charge < -0.3 is 14.6 Å². The third-order valence-corrected chi connectivity index (χ3v) is 6.25. The summed E-state index contributed by atoms with van der Waals surface area (Å²) in [5.41, 5.74) is 2.61. The molecular weight excluding hydrogens is 498 g/mol. The van der Waals surface area contributed by atoms with Crippen molar-refractivity contribution in [2.45, 2.75) is 19.9 Å². The van der Waals surface area contributed by atoms with Gasteiger partial charge in [0, 0.05) is 17.3 Å². The SMILES string of the molecule is CCOc1cccc(N2C(=O)C(=O)/C(=C(/O)c3ccc(OC)c(Br)c3)C2c2cccc(C)c2)c1. The molecule has 0 spiro atoms. The molecule has 174 valence electrons. The first kappa shape index (κ1) is 23.6. The van der Waals surface area contributed by atoms with Crippen LogP contribution in [0.2, 0.25) is 0 Å². The van der Waals surface area contributed by atoms with E-state index in [1.54, 1.807) is 49.6 Å². The molecule has 1 amide bonds. The number of benzene rings is 3. The molecular formula is C27H24BrNO5. The highest BCUT2D eigenvalue weighted by Crippen LogP contribution is 2.43. The van der Waals surface area contributed by atoms with E-state index in [0.29, 0.717) is 33.8 Å². The summed E-state index contributed by atoms with van der Waals surface area (Å²) in [7, 11) is 1.54. The largest absolute Gasteiger partial charge is 0.507 e. The molecule has 1 unspecified atom stereocenters. The smallest absolute Gasteiger partial charge is 0.300 e. The highest BCUT2D eigenvalue weighted by Gasteiger charge is 2.47. The van der Waals surface area contributed by atoms with Gasteiger partial charge in [-0.15, -0.1) is 0 Å². The number of carbonyl (C=O) groups excluding carboxylic acids is 2. The molecule has 0 radical (unpaired) electrons. The van der Waals surface area contributed by atoms with E-state index >= 15 is 0 Å². The van der Waals surface area contributed by atoms with E-state index in [4.69, 9.17) is 9.47 Å². The quantitative estimate of drug-likeness (QED) is 0.252. The van der Waals surface area contributed by atoms with Crippen molar-refractivity contribution in [1.29, 1.82) is 0 Å². The van der Waals surface area contributed by atoms with E-state index in [9.17, 15) is 14.7 Å². The highest BCUT2D eigenvalue weighted by molar-refractivity contribution is 9.10. The molecule has 3 aromatic rings. The fraction of sp³-hybridized carbons (Fsp3) is 0.185. The number of amides is 1. The van der Waals surface area contributed by atoms with Gasteiger partial charge in [-0.2, -0.15) is 0 Å². The van der Waals surface area contributed by atoms with Crippen LogP contribution in [0.25, 0.3) is 5.76 Å². The van der Waals surface area contributed by atoms with Crippen molar-refractivity contribution < 1.29 is 24.2 Å². The van der Waals surface area contributed by atoms with Gasteiger partial charge in [-0.1, -0.05) is 35.9 Å². The number of ether oxygens (including phenoxy) is 2. The molecule has 34 heavy (non-hydrogen) atoms. The maximum Gasteiger partial charge on any atom is 0.300 e. The summed E-state index contributed by atoms with van der Waals surface area (Å²) in [5, 5.41) is 11.3. The number of methoxy groups -OCH3 is 1. The van der Waals surface area contributed by atoms with E-state index in [1.165, 1.54) is 4.90 Å². The summed E-state index contributed by atoms with van der Waals surface area (Å²) >= 11 is 3.42. The van der Waals surface area contributed by atoms with Crippen LogP contribution >= 0.6 is 15.9 Å². The van der Waals surface area contributed by atoms with E-state index in [1.807, 2.05) is 38.1 Å². The third kappa shape index (κ3) is 4.31. The first-order valence-corrected chi connectivity index (χ1v) is 11.6. The van der Waals surface area contributed by atoms with Gasteiger partial charge in [0.15, 0.2) is 0 Å². The number of aliphatic hydroxyl groups excluding tert-OH is 1. The molecule has 0 aromatic heterocycles. The number of aliphatic hydroxyl groups is 1. The molecule has 0 saturated carbocycles. The lowest BCUT2D eigenvalue weighted by molar-refractivity contribution is -0.132. The molecule has 3 aromatic carbocycles. The van der Waals surface area contributed by atoms with Gasteiger partial charge in [0.25, 0.3) is 11.7 Å². The lowest BCUT2D eigenvalue weighted by Gasteiger charge is -2.26. The van der Waals surface area contributed by atoms with Gasteiger partial charge in [0.05, 0.1) is 29.8 Å². The summed E-state index contributed by atoms with van der Waals surface area (Å²) < 4.78 is 11.5. The van der Waals surface area contributed by atoms with Gasteiger partial charge in [-0.05, 0) is 65.7 Å². The van der Waals surface area contributed by atoms with Crippen LogP contribution in [0.15, 0.2) is 76.8 Å². The van der Waals surface area contributed by atoms with Crippen molar-refractivity contribution in [2.24, 2.45) is 0 Å². The second-order valence-electron chi connectivity index (χ2n) is 7.86. The zero-order valence-electron chi connectivity index (χ0n) is 19.0. The first-order valence-electron chi connectivity index (χ1n) is 10.8. The molecule has 1 N–H and O–H groups in total. The average molecular weight is 522 g/mol. The Labute approximate surface area is 206 Å². The normalized spacial score (nSPS) is 17.2. The maximum atomic E-state index is 13.3. The number of hydrogen-bond donors (Lipinski definition) is 1. The Balaban J connectivity index is 1.93. The number of aryl methyl sites for hydroxylation is 1. The molecule has 1 saturated heterocycles. The number of halogens is 1. The van der Waals surface area contributed by atoms with Gasteiger partial charge >= 0.3 is 0 Å². The van der Waals surface area contributed by atoms with Crippen molar-refractivity contribution >= 4 is 39.1 Å². The molecule has 0 aliphatic carbocycles. The van der Waals surface area contributed by atoms with Crippen molar-refractivity contribution in [1.82, 2.24) is 0 Å². The summed E-state index contributed by atoms with van der Waals surface area (Å²) in [6.07, 6.45) is 0. The second kappa shape index (κ2) is 9.73. The Hall–Kier alpha value is -3.58. The van der Waals surface area contributed by atoms with E-state index in [2.05, 4.69) is 15.9 Å². The minimum Gasteiger partial charge on any atom is -0.507 e. The molecule has 1 aliphatic heterocycles. The van der Waals surface area contributed by atoms with Crippen LogP contribution in [-0.2, 0) is 9.59 Å². The topological polar surface area (TPSA) is 76.1 Å².